The zero-order valence-corrected chi connectivity index (χ0v) is 24.0. The summed E-state index contributed by atoms with van der Waals surface area (Å²) in [6, 6.07) is 7.54. The van der Waals surface area contributed by atoms with Crippen LogP contribution in [0.4, 0.5) is 9.18 Å². The van der Waals surface area contributed by atoms with Gasteiger partial charge in [0.1, 0.15) is 29.6 Å². The Morgan fingerprint density at radius 1 is 1.24 bits per heavy atom. The molecule has 5 rings (SSSR count). The Bertz CT molecular complexity index is 1610. The molecule has 10 nitrogen and oxygen atoms in total. The molecular formula is C28H28Cl2FN5O5. The number of carbonyl (C=O) groups excluding carboxylic acids is 1. The van der Waals surface area contributed by atoms with E-state index < -0.39 is 29.9 Å². The zero-order valence-electron chi connectivity index (χ0n) is 22.5. The van der Waals surface area contributed by atoms with Crippen molar-refractivity contribution >= 4 is 46.2 Å². The van der Waals surface area contributed by atoms with E-state index in [1.807, 2.05) is 0 Å². The first-order chi connectivity index (χ1) is 19.4. The highest BCUT2D eigenvalue weighted by Gasteiger charge is 2.34. The molecule has 2 aromatic heterocycles. The summed E-state index contributed by atoms with van der Waals surface area (Å²) in [7, 11) is 0. The molecule has 0 aliphatic carbocycles. The number of benzene rings is 2. The van der Waals surface area contributed by atoms with Gasteiger partial charge < -0.3 is 24.5 Å². The molecular weight excluding hydrogens is 576 g/mol. The monoisotopic (exact) mass is 603 g/mol. The highest BCUT2D eigenvalue weighted by atomic mass is 35.5. The van der Waals surface area contributed by atoms with E-state index in [2.05, 4.69) is 15.4 Å². The molecule has 1 aliphatic rings. The lowest BCUT2D eigenvalue weighted by molar-refractivity contribution is -0.139. The lowest BCUT2D eigenvalue weighted by atomic mass is 10.0. The Hall–Kier alpha value is -3.83. The summed E-state index contributed by atoms with van der Waals surface area (Å²) in [5.41, 5.74) is 1.85. The second-order valence-corrected chi connectivity index (χ2v) is 11.4. The molecule has 2 aromatic carbocycles. The largest absolute Gasteiger partial charge is 0.492 e. The lowest BCUT2D eigenvalue weighted by Gasteiger charge is -2.19. The number of nitrogens with one attached hydrogen (secondary N) is 1. The SMILES string of the molecule is CC(C)(C)OC(=O)NCCOc1ccc(-c2cc(Cl)c3cn(C(C(=O)O)c4ncn5c4C[C@@H](F)C5)nc3c2Cl)cc1. The summed E-state index contributed by atoms with van der Waals surface area (Å²) < 4.78 is 27.7. The van der Waals surface area contributed by atoms with Crippen LogP contribution in [0.5, 0.6) is 5.75 Å². The molecule has 41 heavy (non-hydrogen) atoms. The predicted molar refractivity (Wildman–Crippen MR) is 152 cm³/mol. The van der Waals surface area contributed by atoms with E-state index in [9.17, 15) is 19.1 Å². The van der Waals surface area contributed by atoms with E-state index in [-0.39, 0.29) is 31.8 Å². The summed E-state index contributed by atoms with van der Waals surface area (Å²) in [6.07, 6.45) is 1.45. The van der Waals surface area contributed by atoms with Crippen molar-refractivity contribution in [2.24, 2.45) is 0 Å². The number of hydrogen-bond acceptors (Lipinski definition) is 6. The number of nitrogens with zero attached hydrogens (tertiary/aromatic N) is 4. The quantitative estimate of drug-likeness (QED) is 0.249. The maximum atomic E-state index is 14.0. The number of imidazole rings is 1. The van der Waals surface area contributed by atoms with Gasteiger partial charge in [0.15, 0.2) is 6.04 Å². The molecule has 1 aliphatic heterocycles. The molecule has 0 radical (unpaired) electrons. The van der Waals surface area contributed by atoms with Crippen LogP contribution in [0.2, 0.25) is 10.0 Å². The molecule has 1 unspecified atom stereocenters. The van der Waals surface area contributed by atoms with Gasteiger partial charge in [0.2, 0.25) is 0 Å². The first-order valence-corrected chi connectivity index (χ1v) is 13.6. The Morgan fingerprint density at radius 3 is 2.66 bits per heavy atom. The summed E-state index contributed by atoms with van der Waals surface area (Å²) in [4.78, 5) is 28.3. The van der Waals surface area contributed by atoms with E-state index in [0.29, 0.717) is 38.0 Å². The number of fused-ring (bicyclic) bond motifs is 2. The Balaban J connectivity index is 1.34. The number of carbonyl (C=O) groups is 2. The number of aliphatic carboxylic acids is 1. The fourth-order valence-electron chi connectivity index (χ4n) is 4.71. The minimum absolute atomic E-state index is 0.0888. The van der Waals surface area contributed by atoms with Crippen LogP contribution in [0.3, 0.4) is 0 Å². The number of ether oxygens (including phenoxy) is 2. The zero-order chi connectivity index (χ0) is 29.5. The topological polar surface area (TPSA) is 121 Å². The van der Waals surface area contributed by atoms with Gasteiger partial charge in [-0.3, -0.25) is 4.68 Å². The molecule has 3 heterocycles. The minimum atomic E-state index is -1.28. The number of carboxylic acid groups (broad SMARTS) is 1. The van der Waals surface area contributed by atoms with Crippen LogP contribution in [-0.4, -0.2) is 61.4 Å². The van der Waals surface area contributed by atoms with Crippen molar-refractivity contribution in [3.8, 4) is 16.9 Å². The third-order valence-electron chi connectivity index (χ3n) is 6.45. The Morgan fingerprint density at radius 2 is 1.98 bits per heavy atom. The van der Waals surface area contributed by atoms with Crippen LogP contribution in [0, 0.1) is 0 Å². The highest BCUT2D eigenvalue weighted by molar-refractivity contribution is 6.42. The molecule has 2 N–H and O–H groups in total. The van der Waals surface area contributed by atoms with Crippen LogP contribution in [0.25, 0.3) is 22.0 Å². The second-order valence-electron chi connectivity index (χ2n) is 10.7. The van der Waals surface area contributed by atoms with E-state index in [1.165, 1.54) is 17.2 Å². The molecule has 4 aromatic rings. The number of hydrogen-bond donors (Lipinski definition) is 2. The van der Waals surface area contributed by atoms with Crippen molar-refractivity contribution in [2.75, 3.05) is 13.2 Å². The van der Waals surface area contributed by atoms with Gasteiger partial charge in [0.05, 0.1) is 35.2 Å². The van der Waals surface area contributed by atoms with Gasteiger partial charge in [0.25, 0.3) is 0 Å². The van der Waals surface area contributed by atoms with E-state index in [0.717, 1.165) is 5.56 Å². The Kier molecular flexibility index (Phi) is 7.85. The van der Waals surface area contributed by atoms with Gasteiger partial charge in [-0.25, -0.2) is 19.0 Å². The smallest absolute Gasteiger partial charge is 0.407 e. The molecule has 216 valence electrons. The third-order valence-corrected chi connectivity index (χ3v) is 7.15. The van der Waals surface area contributed by atoms with Crippen molar-refractivity contribution in [2.45, 2.75) is 51.6 Å². The van der Waals surface area contributed by atoms with Crippen molar-refractivity contribution in [1.29, 1.82) is 0 Å². The highest BCUT2D eigenvalue weighted by Crippen LogP contribution is 2.39. The van der Waals surface area contributed by atoms with Crippen molar-refractivity contribution in [1.82, 2.24) is 24.6 Å². The average Bonchev–Trinajstić information content (AvgIpc) is 3.59. The summed E-state index contributed by atoms with van der Waals surface area (Å²) in [6.45, 7) is 6.01. The number of alkyl halides is 1. The minimum Gasteiger partial charge on any atom is -0.492 e. The molecule has 13 heteroatoms. The fourth-order valence-corrected chi connectivity index (χ4v) is 5.26. The van der Waals surface area contributed by atoms with Crippen LogP contribution in [0.15, 0.2) is 42.9 Å². The molecule has 2 atom stereocenters. The average molecular weight is 604 g/mol. The van der Waals surface area contributed by atoms with E-state index in [4.69, 9.17) is 32.7 Å². The van der Waals surface area contributed by atoms with Crippen molar-refractivity contribution < 1.29 is 28.6 Å². The van der Waals surface area contributed by atoms with Gasteiger partial charge in [-0.2, -0.15) is 5.10 Å². The first-order valence-electron chi connectivity index (χ1n) is 12.9. The number of halogens is 3. The number of aromatic nitrogens is 4. The lowest BCUT2D eigenvalue weighted by Crippen LogP contribution is -2.34. The number of alkyl carbamates (subject to hydrolysis) is 1. The van der Waals surface area contributed by atoms with Crippen molar-refractivity contribution in [3.05, 3.63) is 64.3 Å². The summed E-state index contributed by atoms with van der Waals surface area (Å²) >= 11 is 13.4. The van der Waals surface area contributed by atoms with Gasteiger partial charge in [-0.05, 0) is 44.5 Å². The van der Waals surface area contributed by atoms with Gasteiger partial charge in [-0.15, -0.1) is 0 Å². The number of rotatable bonds is 8. The van der Waals surface area contributed by atoms with E-state index in [1.54, 1.807) is 55.7 Å². The number of carboxylic acids is 1. The number of amides is 1. The van der Waals surface area contributed by atoms with Gasteiger partial charge in [0, 0.05) is 29.3 Å². The standard InChI is InChI=1S/C28H28Cl2FN5O5/c1-28(2,3)41-27(39)32-8-9-40-17-6-4-15(5-7-17)18-11-20(29)19-13-36(34-23(19)22(18)30)25(26(37)38)24-21-10-16(31)12-35(21)14-33-24/h4-7,11,13-14,16,25H,8-10,12H2,1-3H3,(H,32,39)(H,37,38)/t16-,25?/m1/s1. The summed E-state index contributed by atoms with van der Waals surface area (Å²) in [5.74, 6) is -0.606. The van der Waals surface area contributed by atoms with Crippen LogP contribution >= 0.6 is 23.2 Å². The molecule has 0 fully saturated rings. The van der Waals surface area contributed by atoms with Crippen molar-refractivity contribution in [3.63, 3.8) is 0 Å². The molecule has 0 saturated heterocycles. The molecule has 0 bridgehead atoms. The first kappa shape index (κ1) is 28.7. The summed E-state index contributed by atoms with van der Waals surface area (Å²) in [5, 5.41) is 18.3. The maximum absolute atomic E-state index is 14.0. The van der Waals surface area contributed by atoms with Crippen LogP contribution < -0.4 is 10.1 Å². The Labute approximate surface area is 245 Å². The fraction of sp³-hybridized carbons (Fsp3) is 0.357. The predicted octanol–water partition coefficient (Wildman–Crippen LogP) is 5.68. The van der Waals surface area contributed by atoms with Crippen LogP contribution in [-0.2, 0) is 22.5 Å². The van der Waals surface area contributed by atoms with Gasteiger partial charge >= 0.3 is 12.1 Å². The van der Waals surface area contributed by atoms with Crippen LogP contribution in [0.1, 0.15) is 38.2 Å². The maximum Gasteiger partial charge on any atom is 0.407 e. The van der Waals surface area contributed by atoms with Gasteiger partial charge in [-0.1, -0.05) is 35.3 Å². The molecule has 0 spiro atoms. The molecule has 1 amide bonds. The molecule has 0 saturated carbocycles. The van der Waals surface area contributed by atoms with E-state index >= 15 is 0 Å². The third kappa shape index (κ3) is 6.11. The normalized spacial score (nSPS) is 15.5. The second kappa shape index (κ2) is 11.2.